The van der Waals surface area contributed by atoms with Crippen LogP contribution in [0.15, 0.2) is 0 Å². The Kier molecular flexibility index (Phi) is 2.61. The molecule has 2 heteroatoms. The summed E-state index contributed by atoms with van der Waals surface area (Å²) in [6.07, 6.45) is 6.14. The average Bonchev–Trinajstić information content (AvgIpc) is 2.15. The molecule has 0 radical (unpaired) electrons. The van der Waals surface area contributed by atoms with Crippen LogP contribution < -0.4 is 0 Å². The Labute approximate surface area is 80.9 Å². The van der Waals surface area contributed by atoms with Crippen LogP contribution in [0.5, 0.6) is 0 Å². The van der Waals surface area contributed by atoms with Gasteiger partial charge in [0.25, 0.3) is 0 Å². The van der Waals surface area contributed by atoms with Crippen LogP contribution >= 0.6 is 0 Å². The fourth-order valence-corrected chi connectivity index (χ4v) is 3.11. The van der Waals surface area contributed by atoms with Gasteiger partial charge in [-0.2, -0.15) is 0 Å². The van der Waals surface area contributed by atoms with Gasteiger partial charge in [-0.15, -0.1) is 0 Å². The van der Waals surface area contributed by atoms with Crippen LogP contribution in [0.25, 0.3) is 0 Å². The number of fused-ring (bicyclic) bond motifs is 1. The minimum atomic E-state index is -0.0310. The van der Waals surface area contributed by atoms with Crippen LogP contribution in [0.3, 0.4) is 0 Å². The van der Waals surface area contributed by atoms with E-state index in [0.717, 1.165) is 6.42 Å². The van der Waals surface area contributed by atoms with Crippen molar-refractivity contribution in [3.8, 4) is 0 Å². The molecule has 0 spiro atoms. The van der Waals surface area contributed by atoms with Crippen LogP contribution in [0.4, 0.5) is 0 Å². The molecule has 2 fully saturated rings. The summed E-state index contributed by atoms with van der Waals surface area (Å²) in [5.74, 6) is 0.565. The highest BCUT2D eigenvalue weighted by Gasteiger charge is 2.39. The normalized spacial score (nSPS) is 47.3. The molecule has 76 valence electrons. The van der Waals surface area contributed by atoms with Gasteiger partial charge in [0.1, 0.15) is 0 Å². The molecule has 4 unspecified atom stereocenters. The number of rotatable bonds is 0. The molecule has 2 rings (SSSR count). The number of hydrogen-bond donors (Lipinski definition) is 1. The maximum Gasteiger partial charge on any atom is 0.0598 e. The average molecular weight is 183 g/mol. The molecule has 0 amide bonds. The van der Waals surface area contributed by atoms with E-state index >= 15 is 0 Å². The topological polar surface area (TPSA) is 23.5 Å². The largest absolute Gasteiger partial charge is 0.393 e. The summed E-state index contributed by atoms with van der Waals surface area (Å²) >= 11 is 0. The summed E-state index contributed by atoms with van der Waals surface area (Å²) in [4.78, 5) is 2.48. The van der Waals surface area contributed by atoms with Crippen molar-refractivity contribution in [2.45, 2.75) is 57.2 Å². The Hall–Kier alpha value is -0.0800. The third-order valence-corrected chi connectivity index (χ3v) is 4.08. The second-order valence-electron chi connectivity index (χ2n) is 4.83. The summed E-state index contributed by atoms with van der Waals surface area (Å²) in [5.41, 5.74) is 0. The zero-order valence-corrected chi connectivity index (χ0v) is 8.74. The Morgan fingerprint density at radius 1 is 1.23 bits per heavy atom. The second-order valence-corrected chi connectivity index (χ2v) is 4.83. The molecule has 0 bridgehead atoms. The minimum Gasteiger partial charge on any atom is -0.393 e. The first-order valence-electron chi connectivity index (χ1n) is 5.60. The highest BCUT2D eigenvalue weighted by Crippen LogP contribution is 2.36. The number of aliphatic hydroxyl groups is 1. The van der Waals surface area contributed by atoms with Gasteiger partial charge in [-0.25, -0.2) is 0 Å². The smallest absolute Gasteiger partial charge is 0.0598 e. The van der Waals surface area contributed by atoms with E-state index in [1.807, 2.05) is 0 Å². The Balaban J connectivity index is 2.10. The molecule has 1 aliphatic heterocycles. The van der Waals surface area contributed by atoms with Crippen molar-refractivity contribution in [2.75, 3.05) is 7.05 Å². The van der Waals surface area contributed by atoms with Crippen molar-refractivity contribution < 1.29 is 5.11 Å². The molecular weight excluding hydrogens is 162 g/mol. The van der Waals surface area contributed by atoms with Crippen LogP contribution in [0.1, 0.15) is 39.0 Å². The lowest BCUT2D eigenvalue weighted by Crippen LogP contribution is -2.54. The first-order chi connectivity index (χ1) is 6.20. The van der Waals surface area contributed by atoms with Crippen LogP contribution in [-0.2, 0) is 0 Å². The zero-order chi connectivity index (χ0) is 9.42. The lowest BCUT2D eigenvalue weighted by atomic mass is 9.75. The third-order valence-electron chi connectivity index (χ3n) is 4.08. The Morgan fingerprint density at radius 3 is 2.69 bits per heavy atom. The number of aliphatic hydroxyl groups excluding tert-OH is 1. The molecule has 1 aliphatic carbocycles. The van der Waals surface area contributed by atoms with Crippen molar-refractivity contribution in [3.05, 3.63) is 0 Å². The van der Waals surface area contributed by atoms with Crippen LogP contribution in [0.2, 0.25) is 0 Å². The van der Waals surface area contributed by atoms with Crippen molar-refractivity contribution >= 4 is 0 Å². The van der Waals surface area contributed by atoms with Gasteiger partial charge in [0.05, 0.1) is 6.10 Å². The summed E-state index contributed by atoms with van der Waals surface area (Å²) in [6, 6.07) is 1.22. The Morgan fingerprint density at radius 2 is 1.92 bits per heavy atom. The van der Waals surface area contributed by atoms with Crippen molar-refractivity contribution in [3.63, 3.8) is 0 Å². The van der Waals surface area contributed by atoms with E-state index in [1.54, 1.807) is 0 Å². The third kappa shape index (κ3) is 1.62. The van der Waals surface area contributed by atoms with E-state index < -0.39 is 0 Å². The quantitative estimate of drug-likeness (QED) is 0.617. The SMILES string of the molecule is CC1CC(O)C2CCCCC2N1C. The summed E-state index contributed by atoms with van der Waals surface area (Å²) < 4.78 is 0. The fourth-order valence-electron chi connectivity index (χ4n) is 3.11. The lowest BCUT2D eigenvalue weighted by Gasteiger charge is -2.48. The van der Waals surface area contributed by atoms with Gasteiger partial charge in [0, 0.05) is 18.0 Å². The standard InChI is InChI=1S/C11H21NO/c1-8-7-11(13)9-5-3-4-6-10(9)12(8)2/h8-11,13H,3-7H2,1-2H3. The molecule has 2 aliphatic rings. The van der Waals surface area contributed by atoms with Gasteiger partial charge in [-0.1, -0.05) is 12.8 Å². The van der Waals surface area contributed by atoms with E-state index in [-0.39, 0.29) is 6.10 Å². The molecule has 1 heterocycles. The molecule has 4 atom stereocenters. The van der Waals surface area contributed by atoms with Gasteiger partial charge in [-0.05, 0) is 33.2 Å². The first-order valence-corrected chi connectivity index (χ1v) is 5.60. The van der Waals surface area contributed by atoms with Gasteiger partial charge >= 0.3 is 0 Å². The van der Waals surface area contributed by atoms with E-state index in [1.165, 1.54) is 25.7 Å². The van der Waals surface area contributed by atoms with Gasteiger partial charge in [0.2, 0.25) is 0 Å². The molecule has 1 saturated heterocycles. The molecule has 0 aromatic rings. The number of likely N-dealkylation sites (tertiary alicyclic amines) is 1. The first kappa shape index (κ1) is 9.47. The van der Waals surface area contributed by atoms with Crippen LogP contribution in [-0.4, -0.2) is 35.2 Å². The predicted molar refractivity (Wildman–Crippen MR) is 53.6 cm³/mol. The Bertz CT molecular complexity index is 183. The van der Waals surface area contributed by atoms with Crippen molar-refractivity contribution in [1.82, 2.24) is 4.90 Å². The van der Waals surface area contributed by atoms with Crippen molar-refractivity contribution in [2.24, 2.45) is 5.92 Å². The molecule has 1 saturated carbocycles. The van der Waals surface area contributed by atoms with E-state index in [4.69, 9.17) is 0 Å². The maximum atomic E-state index is 9.97. The zero-order valence-electron chi connectivity index (χ0n) is 8.74. The molecule has 0 aromatic carbocycles. The second kappa shape index (κ2) is 3.58. The molecule has 2 nitrogen and oxygen atoms in total. The highest BCUT2D eigenvalue weighted by atomic mass is 16.3. The van der Waals surface area contributed by atoms with Crippen LogP contribution in [0, 0.1) is 5.92 Å². The predicted octanol–water partition coefficient (Wildman–Crippen LogP) is 1.63. The number of hydrogen-bond acceptors (Lipinski definition) is 2. The summed E-state index contributed by atoms with van der Waals surface area (Å²) in [7, 11) is 2.22. The van der Waals surface area contributed by atoms with E-state index in [9.17, 15) is 5.11 Å². The summed E-state index contributed by atoms with van der Waals surface area (Å²) in [5, 5.41) is 9.97. The molecule has 1 N–H and O–H groups in total. The monoisotopic (exact) mass is 183 g/mol. The van der Waals surface area contributed by atoms with E-state index in [2.05, 4.69) is 18.9 Å². The summed E-state index contributed by atoms with van der Waals surface area (Å²) in [6.45, 7) is 2.23. The fraction of sp³-hybridized carbons (Fsp3) is 1.00. The molecular formula is C11H21NO. The highest BCUT2D eigenvalue weighted by molar-refractivity contribution is 4.93. The molecule has 0 aromatic heterocycles. The maximum absolute atomic E-state index is 9.97. The number of nitrogens with zero attached hydrogens (tertiary/aromatic N) is 1. The molecule has 13 heavy (non-hydrogen) atoms. The van der Waals surface area contributed by atoms with Gasteiger partial charge in [0.15, 0.2) is 0 Å². The lowest BCUT2D eigenvalue weighted by molar-refractivity contribution is -0.0501. The van der Waals surface area contributed by atoms with E-state index in [0.29, 0.717) is 18.0 Å². The minimum absolute atomic E-state index is 0.0310. The van der Waals surface area contributed by atoms with Gasteiger partial charge < -0.3 is 10.0 Å². The number of piperidine rings is 1. The van der Waals surface area contributed by atoms with Gasteiger partial charge in [-0.3, -0.25) is 0 Å². The van der Waals surface area contributed by atoms with Crippen molar-refractivity contribution in [1.29, 1.82) is 0 Å².